The molecule has 2 N–H and O–H groups in total. The monoisotopic (exact) mass is 345 g/mol. The zero-order chi connectivity index (χ0) is 17.5. The maximum atomic E-state index is 12.4. The van der Waals surface area contributed by atoms with E-state index in [1.807, 2.05) is 6.92 Å². The van der Waals surface area contributed by atoms with Crippen molar-refractivity contribution < 1.29 is 22.7 Å². The molecule has 6 nitrogen and oxygen atoms in total. The van der Waals surface area contributed by atoms with Crippen molar-refractivity contribution in [1.82, 2.24) is 0 Å². The summed E-state index contributed by atoms with van der Waals surface area (Å²) >= 11 is 0. The molecule has 0 fully saturated rings. The smallest absolute Gasteiger partial charge is 0.339 e. The Hall–Kier alpha value is -2.80. The van der Waals surface area contributed by atoms with E-state index in [0.717, 1.165) is 5.56 Å². The number of sulfonamides is 1. The number of aryl methyl sites for hydroxylation is 2. The van der Waals surface area contributed by atoms with E-state index in [9.17, 15) is 18.3 Å². The van der Waals surface area contributed by atoms with Crippen LogP contribution in [0.15, 0.2) is 51.8 Å². The van der Waals surface area contributed by atoms with Gasteiger partial charge in [-0.1, -0.05) is 17.7 Å². The second-order valence-electron chi connectivity index (χ2n) is 5.47. The molecule has 24 heavy (non-hydrogen) atoms. The first kappa shape index (κ1) is 16.1. The van der Waals surface area contributed by atoms with Crippen molar-refractivity contribution in [2.45, 2.75) is 18.7 Å². The minimum Gasteiger partial charge on any atom is -0.478 e. The number of furan rings is 1. The van der Waals surface area contributed by atoms with Crippen LogP contribution in [0.5, 0.6) is 0 Å². The first-order valence-corrected chi connectivity index (χ1v) is 8.62. The molecule has 1 heterocycles. The Bertz CT molecular complexity index is 1030. The van der Waals surface area contributed by atoms with Gasteiger partial charge in [-0.2, -0.15) is 0 Å². The Labute approximate surface area is 138 Å². The fraction of sp³-hybridized carbons (Fsp3) is 0.118. The summed E-state index contributed by atoms with van der Waals surface area (Å²) in [6.07, 6.45) is 0. The second-order valence-corrected chi connectivity index (χ2v) is 7.15. The first-order valence-electron chi connectivity index (χ1n) is 7.14. The molecular weight excluding hydrogens is 330 g/mol. The van der Waals surface area contributed by atoms with E-state index in [4.69, 9.17) is 4.42 Å². The normalized spacial score (nSPS) is 11.6. The number of aromatic carboxylic acids is 1. The highest BCUT2D eigenvalue weighted by Crippen LogP contribution is 2.29. The van der Waals surface area contributed by atoms with Gasteiger partial charge in [0, 0.05) is 11.5 Å². The third kappa shape index (κ3) is 2.85. The van der Waals surface area contributed by atoms with E-state index in [1.54, 1.807) is 19.1 Å². The van der Waals surface area contributed by atoms with Gasteiger partial charge in [-0.25, -0.2) is 13.2 Å². The number of fused-ring (bicyclic) bond motifs is 1. The highest BCUT2D eigenvalue weighted by molar-refractivity contribution is 7.92. The van der Waals surface area contributed by atoms with Gasteiger partial charge in [0.2, 0.25) is 0 Å². The highest BCUT2D eigenvalue weighted by atomic mass is 32.2. The third-order valence-electron chi connectivity index (χ3n) is 3.66. The summed E-state index contributed by atoms with van der Waals surface area (Å²) in [6.45, 7) is 3.43. The highest BCUT2D eigenvalue weighted by Gasteiger charge is 2.19. The standard InChI is InChI=1S/C17H15NO5S/c1-10-3-6-13(7-4-10)24(21,22)18-12-5-8-14-15(9-12)23-11(2)16(14)17(19)20/h3-9,18H,1-2H3,(H,19,20). The lowest BCUT2D eigenvalue weighted by Gasteiger charge is -2.08. The average molecular weight is 345 g/mol. The van der Waals surface area contributed by atoms with Crippen LogP contribution >= 0.6 is 0 Å². The van der Waals surface area contributed by atoms with Gasteiger partial charge in [-0.05, 0) is 38.1 Å². The lowest BCUT2D eigenvalue weighted by molar-refractivity contribution is 0.0697. The molecule has 0 bridgehead atoms. The fourth-order valence-electron chi connectivity index (χ4n) is 2.48. The van der Waals surface area contributed by atoms with Gasteiger partial charge < -0.3 is 9.52 Å². The number of rotatable bonds is 4. The van der Waals surface area contributed by atoms with Gasteiger partial charge in [0.1, 0.15) is 16.9 Å². The van der Waals surface area contributed by atoms with Crippen molar-refractivity contribution in [3.8, 4) is 0 Å². The maximum Gasteiger partial charge on any atom is 0.339 e. The molecule has 3 rings (SSSR count). The number of hydrogen-bond donors (Lipinski definition) is 2. The molecule has 124 valence electrons. The number of carbonyl (C=O) groups is 1. The molecule has 3 aromatic rings. The SMILES string of the molecule is Cc1ccc(S(=O)(=O)Nc2ccc3c(C(=O)O)c(C)oc3c2)cc1. The Morgan fingerprint density at radius 3 is 2.38 bits per heavy atom. The molecule has 0 spiro atoms. The molecule has 0 radical (unpaired) electrons. The zero-order valence-electron chi connectivity index (χ0n) is 13.0. The number of hydrogen-bond acceptors (Lipinski definition) is 4. The Morgan fingerprint density at radius 2 is 1.75 bits per heavy atom. The van der Waals surface area contributed by atoms with Crippen molar-refractivity contribution in [2.75, 3.05) is 4.72 Å². The molecule has 7 heteroatoms. The molecule has 0 saturated carbocycles. The van der Waals surface area contributed by atoms with Gasteiger partial charge in [0.25, 0.3) is 10.0 Å². The molecule has 0 atom stereocenters. The van der Waals surface area contributed by atoms with Gasteiger partial charge in [0.05, 0.1) is 10.6 Å². The Kier molecular flexibility index (Phi) is 3.81. The minimum atomic E-state index is -3.73. The van der Waals surface area contributed by atoms with Gasteiger partial charge >= 0.3 is 5.97 Å². The third-order valence-corrected chi connectivity index (χ3v) is 5.06. The van der Waals surface area contributed by atoms with Crippen LogP contribution in [0.25, 0.3) is 11.0 Å². The van der Waals surface area contributed by atoms with Crippen molar-refractivity contribution >= 4 is 32.6 Å². The molecule has 2 aromatic carbocycles. The van der Waals surface area contributed by atoms with E-state index in [-0.39, 0.29) is 16.2 Å². The fourth-order valence-corrected chi connectivity index (χ4v) is 3.53. The summed E-state index contributed by atoms with van der Waals surface area (Å²) in [4.78, 5) is 11.4. The van der Waals surface area contributed by atoms with Crippen molar-refractivity contribution in [3.63, 3.8) is 0 Å². The van der Waals surface area contributed by atoms with Crippen LogP contribution in [0, 0.1) is 13.8 Å². The number of nitrogens with one attached hydrogen (secondary N) is 1. The van der Waals surface area contributed by atoms with Crippen LogP contribution in [0.2, 0.25) is 0 Å². The van der Waals surface area contributed by atoms with Crippen LogP contribution < -0.4 is 4.72 Å². The van der Waals surface area contributed by atoms with Crippen molar-refractivity contribution in [2.24, 2.45) is 0 Å². The summed E-state index contributed by atoms with van der Waals surface area (Å²) in [5, 5.41) is 9.64. The molecule has 0 saturated heterocycles. The molecular formula is C17H15NO5S. The maximum absolute atomic E-state index is 12.4. The lowest BCUT2D eigenvalue weighted by atomic mass is 10.1. The van der Waals surface area contributed by atoms with Gasteiger partial charge in [0.15, 0.2) is 0 Å². The zero-order valence-corrected chi connectivity index (χ0v) is 13.8. The van der Waals surface area contributed by atoms with Gasteiger partial charge in [-0.15, -0.1) is 0 Å². The molecule has 1 aromatic heterocycles. The minimum absolute atomic E-state index is 0.0814. The van der Waals surface area contributed by atoms with Crippen LogP contribution in [0.4, 0.5) is 5.69 Å². The number of carboxylic acid groups (broad SMARTS) is 1. The average Bonchev–Trinajstić information content (AvgIpc) is 2.82. The molecule has 0 unspecified atom stereocenters. The second kappa shape index (κ2) is 5.68. The first-order chi connectivity index (χ1) is 11.3. The summed E-state index contributed by atoms with van der Waals surface area (Å²) in [5.74, 6) is -0.810. The van der Waals surface area contributed by atoms with Gasteiger partial charge in [-0.3, -0.25) is 4.72 Å². The van der Waals surface area contributed by atoms with Crippen LogP contribution in [0.3, 0.4) is 0 Å². The van der Waals surface area contributed by atoms with Crippen molar-refractivity contribution in [3.05, 3.63) is 59.4 Å². The predicted octanol–water partition coefficient (Wildman–Crippen LogP) is 3.55. The van der Waals surface area contributed by atoms with E-state index in [1.165, 1.54) is 30.3 Å². The Morgan fingerprint density at radius 1 is 1.08 bits per heavy atom. The topological polar surface area (TPSA) is 96.6 Å². The van der Waals surface area contributed by atoms with Crippen LogP contribution in [-0.4, -0.2) is 19.5 Å². The number of anilines is 1. The predicted molar refractivity (Wildman–Crippen MR) is 89.9 cm³/mol. The van der Waals surface area contributed by atoms with Crippen LogP contribution in [0.1, 0.15) is 21.7 Å². The van der Waals surface area contributed by atoms with E-state index < -0.39 is 16.0 Å². The number of benzene rings is 2. The van der Waals surface area contributed by atoms with Crippen molar-refractivity contribution in [1.29, 1.82) is 0 Å². The summed E-state index contributed by atoms with van der Waals surface area (Å²) in [5.41, 5.74) is 1.66. The quantitative estimate of drug-likeness (QED) is 0.754. The molecule has 0 amide bonds. The van der Waals surface area contributed by atoms with Crippen LogP contribution in [-0.2, 0) is 10.0 Å². The summed E-state index contributed by atoms with van der Waals surface area (Å²) in [6, 6.07) is 11.0. The lowest BCUT2D eigenvalue weighted by Crippen LogP contribution is -2.12. The summed E-state index contributed by atoms with van der Waals surface area (Å²) < 4.78 is 32.7. The van der Waals surface area contributed by atoms with E-state index >= 15 is 0 Å². The molecule has 0 aliphatic rings. The molecule has 0 aliphatic carbocycles. The van der Waals surface area contributed by atoms with E-state index in [0.29, 0.717) is 16.7 Å². The number of carboxylic acids is 1. The Balaban J connectivity index is 1.98. The van der Waals surface area contributed by atoms with E-state index in [2.05, 4.69) is 4.72 Å². The molecule has 0 aliphatic heterocycles. The summed E-state index contributed by atoms with van der Waals surface area (Å²) in [7, 11) is -3.73. The largest absolute Gasteiger partial charge is 0.478 e.